The number of methoxy groups -OCH3 is 1. The third kappa shape index (κ3) is 3.64. The topological polar surface area (TPSA) is 88.4 Å². The second-order valence-electron chi connectivity index (χ2n) is 5.53. The van der Waals surface area contributed by atoms with Gasteiger partial charge in [0.05, 0.1) is 18.2 Å². The Morgan fingerprint density at radius 1 is 1.36 bits per heavy atom. The van der Waals surface area contributed by atoms with Gasteiger partial charge >= 0.3 is 5.97 Å². The molecule has 0 fully saturated rings. The van der Waals surface area contributed by atoms with Crippen LogP contribution in [0, 0.1) is 11.3 Å². The molecule has 1 amide bonds. The van der Waals surface area contributed by atoms with Gasteiger partial charge in [-0.25, -0.2) is 4.79 Å². The lowest BCUT2D eigenvalue weighted by Gasteiger charge is -2.07. The molecule has 1 N–H and O–H groups in total. The monoisotopic (exact) mass is 356 g/mol. The lowest BCUT2D eigenvalue weighted by Crippen LogP contribution is -2.21. The number of nitriles is 1. The molecule has 7 heteroatoms. The van der Waals surface area contributed by atoms with Gasteiger partial charge in [0.15, 0.2) is 6.61 Å². The van der Waals surface area contributed by atoms with Crippen LogP contribution in [0.2, 0.25) is 0 Å². The van der Waals surface area contributed by atoms with Gasteiger partial charge in [-0.15, -0.1) is 11.3 Å². The van der Waals surface area contributed by atoms with Crippen LogP contribution in [0.5, 0.6) is 5.75 Å². The summed E-state index contributed by atoms with van der Waals surface area (Å²) in [6, 6.07) is 8.66. The molecule has 0 saturated heterocycles. The molecule has 1 heterocycles. The quantitative estimate of drug-likeness (QED) is 0.832. The van der Waals surface area contributed by atoms with E-state index >= 15 is 0 Å². The summed E-state index contributed by atoms with van der Waals surface area (Å²) in [6.07, 6.45) is 2.85. The molecule has 0 saturated carbocycles. The SMILES string of the molecule is COc1cccc(C(=O)OCC(=O)Nc2sc3c(c2C#N)CCC3)c1. The number of nitrogens with zero attached hydrogens (tertiary/aromatic N) is 1. The zero-order chi connectivity index (χ0) is 17.8. The van der Waals surface area contributed by atoms with Crippen molar-refractivity contribution < 1.29 is 19.1 Å². The van der Waals surface area contributed by atoms with Crippen molar-refractivity contribution in [1.82, 2.24) is 0 Å². The highest BCUT2D eigenvalue weighted by Gasteiger charge is 2.23. The number of ether oxygens (including phenoxy) is 2. The van der Waals surface area contributed by atoms with Crippen LogP contribution in [-0.4, -0.2) is 25.6 Å². The molecule has 1 aliphatic carbocycles. The van der Waals surface area contributed by atoms with E-state index in [0.717, 1.165) is 29.7 Å². The number of benzene rings is 1. The summed E-state index contributed by atoms with van der Waals surface area (Å²) in [4.78, 5) is 25.2. The van der Waals surface area contributed by atoms with Crippen LogP contribution in [-0.2, 0) is 22.4 Å². The molecule has 0 spiro atoms. The maximum absolute atomic E-state index is 12.1. The lowest BCUT2D eigenvalue weighted by molar-refractivity contribution is -0.119. The number of hydrogen-bond acceptors (Lipinski definition) is 6. The largest absolute Gasteiger partial charge is 0.497 e. The maximum atomic E-state index is 12.1. The van der Waals surface area contributed by atoms with Gasteiger partial charge in [0.1, 0.15) is 16.8 Å². The summed E-state index contributed by atoms with van der Waals surface area (Å²) in [5, 5.41) is 12.5. The Morgan fingerprint density at radius 3 is 2.96 bits per heavy atom. The zero-order valence-electron chi connectivity index (χ0n) is 13.6. The molecule has 2 aromatic rings. The number of fused-ring (bicyclic) bond motifs is 1. The van der Waals surface area contributed by atoms with Crippen LogP contribution in [0.15, 0.2) is 24.3 Å². The van der Waals surface area contributed by atoms with Crippen molar-refractivity contribution in [1.29, 1.82) is 5.26 Å². The molecule has 0 aliphatic heterocycles. The number of carbonyl (C=O) groups is 2. The van der Waals surface area contributed by atoms with Gasteiger partial charge in [-0.1, -0.05) is 6.07 Å². The molecule has 1 aliphatic rings. The van der Waals surface area contributed by atoms with Crippen LogP contribution in [0.3, 0.4) is 0 Å². The van der Waals surface area contributed by atoms with E-state index in [-0.39, 0.29) is 0 Å². The number of aryl methyl sites for hydroxylation is 1. The minimum atomic E-state index is -0.608. The van der Waals surface area contributed by atoms with Crippen LogP contribution in [0.4, 0.5) is 5.00 Å². The summed E-state index contributed by atoms with van der Waals surface area (Å²) in [5.74, 6) is -0.540. The van der Waals surface area contributed by atoms with E-state index in [9.17, 15) is 14.9 Å². The van der Waals surface area contributed by atoms with Gasteiger partial charge in [0, 0.05) is 4.88 Å². The number of carbonyl (C=O) groups excluding carboxylic acids is 2. The van der Waals surface area contributed by atoms with Crippen LogP contribution < -0.4 is 10.1 Å². The Morgan fingerprint density at radius 2 is 2.20 bits per heavy atom. The number of rotatable bonds is 5. The number of nitrogens with one attached hydrogen (secondary N) is 1. The first-order chi connectivity index (χ1) is 12.1. The molecule has 0 unspecified atom stereocenters. The number of amides is 1. The molecule has 6 nitrogen and oxygen atoms in total. The molecule has 1 aromatic carbocycles. The minimum Gasteiger partial charge on any atom is -0.497 e. The van der Waals surface area contributed by atoms with E-state index in [1.165, 1.54) is 24.5 Å². The van der Waals surface area contributed by atoms with Gasteiger partial charge in [0.2, 0.25) is 0 Å². The first-order valence-electron chi connectivity index (χ1n) is 7.78. The standard InChI is InChI=1S/C18H16N2O4S/c1-23-12-5-2-4-11(8-12)18(22)24-10-16(21)20-17-14(9-19)13-6-3-7-15(13)25-17/h2,4-5,8H,3,6-7,10H2,1H3,(H,20,21). The first kappa shape index (κ1) is 17.0. The van der Waals surface area contributed by atoms with E-state index in [1.54, 1.807) is 18.2 Å². The van der Waals surface area contributed by atoms with Crippen LogP contribution in [0.1, 0.15) is 32.8 Å². The van der Waals surface area contributed by atoms with Crippen molar-refractivity contribution in [3.05, 3.63) is 45.8 Å². The number of thiophene rings is 1. The van der Waals surface area contributed by atoms with E-state index in [0.29, 0.717) is 21.9 Å². The summed E-state index contributed by atoms with van der Waals surface area (Å²) < 4.78 is 10.1. The van der Waals surface area contributed by atoms with E-state index in [2.05, 4.69) is 11.4 Å². The fourth-order valence-corrected chi connectivity index (χ4v) is 3.99. The van der Waals surface area contributed by atoms with Gasteiger partial charge in [-0.2, -0.15) is 5.26 Å². The highest BCUT2D eigenvalue weighted by atomic mass is 32.1. The molecule has 0 atom stereocenters. The highest BCUT2D eigenvalue weighted by Crippen LogP contribution is 2.38. The Labute approximate surface area is 149 Å². The molecular weight excluding hydrogens is 340 g/mol. The van der Waals surface area contributed by atoms with Crippen molar-refractivity contribution in [3.63, 3.8) is 0 Å². The summed E-state index contributed by atoms with van der Waals surface area (Å²) in [7, 11) is 1.50. The Hall–Kier alpha value is -2.85. The van der Waals surface area contributed by atoms with Gasteiger partial charge in [-0.05, 0) is 43.0 Å². The molecule has 0 bridgehead atoms. The summed E-state index contributed by atoms with van der Waals surface area (Å²) >= 11 is 1.43. The Balaban J connectivity index is 1.60. The second-order valence-corrected chi connectivity index (χ2v) is 6.63. The van der Waals surface area contributed by atoms with Gasteiger partial charge in [-0.3, -0.25) is 4.79 Å². The number of anilines is 1. The average Bonchev–Trinajstić information content (AvgIpc) is 3.20. The zero-order valence-corrected chi connectivity index (χ0v) is 14.4. The Kier molecular flexibility index (Phi) is 5.00. The summed E-state index contributed by atoms with van der Waals surface area (Å²) in [6.45, 7) is -0.413. The molecule has 3 rings (SSSR count). The van der Waals surface area contributed by atoms with Crippen LogP contribution >= 0.6 is 11.3 Å². The Bertz CT molecular complexity index is 866. The third-order valence-electron chi connectivity index (χ3n) is 3.93. The smallest absolute Gasteiger partial charge is 0.338 e. The summed E-state index contributed by atoms with van der Waals surface area (Å²) in [5.41, 5.74) is 1.88. The number of esters is 1. The fraction of sp³-hybridized carbons (Fsp3) is 0.278. The van der Waals surface area contributed by atoms with E-state index in [4.69, 9.17) is 9.47 Å². The van der Waals surface area contributed by atoms with E-state index < -0.39 is 18.5 Å². The second kappa shape index (κ2) is 7.36. The van der Waals surface area contributed by atoms with Crippen molar-refractivity contribution >= 4 is 28.2 Å². The number of hydrogen-bond donors (Lipinski definition) is 1. The first-order valence-corrected chi connectivity index (χ1v) is 8.59. The van der Waals surface area contributed by atoms with Crippen LogP contribution in [0.25, 0.3) is 0 Å². The normalized spacial score (nSPS) is 12.2. The fourth-order valence-electron chi connectivity index (χ4n) is 2.74. The van der Waals surface area contributed by atoms with Gasteiger partial charge in [0.25, 0.3) is 5.91 Å². The van der Waals surface area contributed by atoms with Crippen molar-refractivity contribution in [3.8, 4) is 11.8 Å². The van der Waals surface area contributed by atoms with E-state index in [1.807, 2.05) is 0 Å². The maximum Gasteiger partial charge on any atom is 0.338 e. The molecule has 1 aromatic heterocycles. The lowest BCUT2D eigenvalue weighted by atomic mass is 10.1. The highest BCUT2D eigenvalue weighted by molar-refractivity contribution is 7.16. The minimum absolute atomic E-state index is 0.306. The molecule has 25 heavy (non-hydrogen) atoms. The predicted octanol–water partition coefficient (Wildman–Crippen LogP) is 2.91. The molecule has 128 valence electrons. The van der Waals surface area contributed by atoms with Gasteiger partial charge < -0.3 is 14.8 Å². The molecular formula is C18H16N2O4S. The van der Waals surface area contributed by atoms with Crippen molar-refractivity contribution in [2.75, 3.05) is 19.0 Å². The van der Waals surface area contributed by atoms with Crippen molar-refractivity contribution in [2.24, 2.45) is 0 Å². The third-order valence-corrected chi connectivity index (χ3v) is 5.13. The van der Waals surface area contributed by atoms with Crippen molar-refractivity contribution in [2.45, 2.75) is 19.3 Å². The molecule has 0 radical (unpaired) electrons. The predicted molar refractivity (Wildman–Crippen MR) is 93.0 cm³/mol. The average molecular weight is 356 g/mol.